The summed E-state index contributed by atoms with van der Waals surface area (Å²) in [6.45, 7) is 2.07. The van der Waals surface area contributed by atoms with E-state index >= 15 is 0 Å². The Morgan fingerprint density at radius 1 is 1.37 bits per heavy atom. The number of nitrogens with zero attached hydrogens (tertiary/aromatic N) is 2. The first-order chi connectivity index (χ1) is 9.08. The van der Waals surface area contributed by atoms with Crippen LogP contribution in [-0.4, -0.2) is 27.3 Å². The quantitative estimate of drug-likeness (QED) is 0.773. The summed E-state index contributed by atoms with van der Waals surface area (Å²) in [5, 5.41) is 13.0. The molecule has 2 N–H and O–H groups in total. The van der Waals surface area contributed by atoms with Crippen molar-refractivity contribution in [2.45, 2.75) is 6.54 Å². The molecule has 0 radical (unpaired) electrons. The predicted octanol–water partition coefficient (Wildman–Crippen LogP) is -0.375. The Labute approximate surface area is 108 Å². The van der Waals surface area contributed by atoms with Gasteiger partial charge in [-0.3, -0.25) is 13.9 Å². The van der Waals surface area contributed by atoms with Crippen molar-refractivity contribution in [1.82, 2.24) is 14.5 Å². The second kappa shape index (κ2) is 4.24. The number of hydrogen-bond donors (Lipinski definition) is 2. The van der Waals surface area contributed by atoms with Gasteiger partial charge in [-0.2, -0.15) is 0 Å². The summed E-state index contributed by atoms with van der Waals surface area (Å²) >= 11 is 0. The second-order valence-electron chi connectivity index (χ2n) is 4.98. The van der Waals surface area contributed by atoms with Gasteiger partial charge >= 0.3 is 5.69 Å². The van der Waals surface area contributed by atoms with Crippen molar-refractivity contribution in [3.63, 3.8) is 0 Å². The van der Waals surface area contributed by atoms with Gasteiger partial charge in [0.1, 0.15) is 5.75 Å². The molecule has 1 saturated heterocycles. The molecule has 2 aromatic rings. The van der Waals surface area contributed by atoms with Gasteiger partial charge in [0, 0.05) is 32.6 Å². The van der Waals surface area contributed by atoms with E-state index in [1.165, 1.54) is 21.3 Å². The maximum atomic E-state index is 12.3. The van der Waals surface area contributed by atoms with E-state index in [0.717, 1.165) is 13.1 Å². The van der Waals surface area contributed by atoms with Crippen LogP contribution in [0, 0.1) is 5.92 Å². The van der Waals surface area contributed by atoms with Gasteiger partial charge in [0.2, 0.25) is 0 Å². The lowest BCUT2D eigenvalue weighted by Gasteiger charge is -2.27. The Kier molecular flexibility index (Phi) is 2.67. The van der Waals surface area contributed by atoms with Crippen LogP contribution >= 0.6 is 0 Å². The number of phenolic OH excluding ortho intramolecular Hbond substituents is 1. The van der Waals surface area contributed by atoms with E-state index in [4.69, 9.17) is 0 Å². The molecule has 0 spiro atoms. The number of benzene rings is 1. The van der Waals surface area contributed by atoms with Gasteiger partial charge in [-0.1, -0.05) is 0 Å². The Bertz CT molecular complexity index is 756. The number of phenols is 1. The molecule has 1 aromatic heterocycles. The molecule has 6 heteroatoms. The highest BCUT2D eigenvalue weighted by molar-refractivity contribution is 5.79. The minimum Gasteiger partial charge on any atom is -0.508 e. The first-order valence-electron chi connectivity index (χ1n) is 6.21. The van der Waals surface area contributed by atoms with Crippen LogP contribution < -0.4 is 16.6 Å². The highest BCUT2D eigenvalue weighted by Gasteiger charge is 2.20. The highest BCUT2D eigenvalue weighted by Crippen LogP contribution is 2.15. The molecule has 0 amide bonds. The molecule has 1 fully saturated rings. The van der Waals surface area contributed by atoms with Crippen LogP contribution in [-0.2, 0) is 13.6 Å². The zero-order valence-corrected chi connectivity index (χ0v) is 10.6. The number of hydrogen-bond acceptors (Lipinski definition) is 4. The Morgan fingerprint density at radius 2 is 2.11 bits per heavy atom. The standard InChI is InChI=1S/C13H15N3O3/c1-15-11-3-2-9(17)4-10(11)12(18)16(13(15)19)7-8-5-14-6-8/h2-4,8,14,17H,5-7H2,1H3. The molecule has 1 aliphatic rings. The number of aryl methyl sites for hydroxylation is 1. The smallest absolute Gasteiger partial charge is 0.331 e. The molecule has 0 saturated carbocycles. The third kappa shape index (κ3) is 1.84. The highest BCUT2D eigenvalue weighted by atomic mass is 16.3. The summed E-state index contributed by atoms with van der Waals surface area (Å²) in [4.78, 5) is 24.6. The van der Waals surface area contributed by atoms with E-state index in [2.05, 4.69) is 5.32 Å². The molecule has 1 aliphatic heterocycles. The second-order valence-corrected chi connectivity index (χ2v) is 4.98. The average Bonchev–Trinajstić information content (AvgIpc) is 2.34. The molecule has 1 aromatic carbocycles. The fourth-order valence-electron chi connectivity index (χ4n) is 2.40. The zero-order chi connectivity index (χ0) is 13.6. The minimum atomic E-state index is -0.332. The van der Waals surface area contributed by atoms with Crippen molar-refractivity contribution < 1.29 is 5.11 Å². The Morgan fingerprint density at radius 3 is 2.74 bits per heavy atom. The number of rotatable bonds is 2. The average molecular weight is 261 g/mol. The molecule has 0 atom stereocenters. The van der Waals surface area contributed by atoms with Gasteiger partial charge in [-0.25, -0.2) is 4.79 Å². The fraction of sp³-hybridized carbons (Fsp3) is 0.385. The van der Waals surface area contributed by atoms with Gasteiger partial charge in [0.15, 0.2) is 0 Å². The summed E-state index contributed by atoms with van der Waals surface area (Å²) in [5.74, 6) is 0.347. The van der Waals surface area contributed by atoms with Gasteiger partial charge in [-0.05, 0) is 18.2 Å². The lowest BCUT2D eigenvalue weighted by atomic mass is 10.0. The van der Waals surface area contributed by atoms with E-state index in [9.17, 15) is 14.7 Å². The van der Waals surface area contributed by atoms with E-state index in [-0.39, 0.29) is 17.0 Å². The van der Waals surface area contributed by atoms with E-state index < -0.39 is 0 Å². The summed E-state index contributed by atoms with van der Waals surface area (Å²) in [5.41, 5.74) is -0.105. The van der Waals surface area contributed by atoms with E-state index in [1.807, 2.05) is 0 Å². The van der Waals surface area contributed by atoms with Crippen molar-refractivity contribution in [2.75, 3.05) is 13.1 Å². The maximum Gasteiger partial charge on any atom is 0.331 e. The first kappa shape index (κ1) is 12.0. The first-order valence-corrected chi connectivity index (χ1v) is 6.21. The topological polar surface area (TPSA) is 76.3 Å². The molecule has 0 unspecified atom stereocenters. The molecule has 0 bridgehead atoms. The Hall–Kier alpha value is -2.08. The van der Waals surface area contributed by atoms with Crippen LogP contribution in [0.1, 0.15) is 0 Å². The van der Waals surface area contributed by atoms with Crippen molar-refractivity contribution in [1.29, 1.82) is 0 Å². The molecular formula is C13H15N3O3. The van der Waals surface area contributed by atoms with Crippen LogP contribution in [0.4, 0.5) is 0 Å². The molecular weight excluding hydrogens is 246 g/mol. The summed E-state index contributed by atoms with van der Waals surface area (Å²) in [6, 6.07) is 4.47. The fourth-order valence-corrected chi connectivity index (χ4v) is 2.40. The minimum absolute atomic E-state index is 0.0279. The lowest BCUT2D eigenvalue weighted by Crippen LogP contribution is -2.49. The normalized spacial score (nSPS) is 15.6. The van der Waals surface area contributed by atoms with Crippen LogP contribution in [0.5, 0.6) is 5.75 Å². The van der Waals surface area contributed by atoms with Crippen LogP contribution in [0.2, 0.25) is 0 Å². The van der Waals surface area contributed by atoms with Gasteiger partial charge in [0.25, 0.3) is 5.56 Å². The van der Waals surface area contributed by atoms with Crippen LogP contribution in [0.25, 0.3) is 10.9 Å². The van der Waals surface area contributed by atoms with Crippen LogP contribution in [0.15, 0.2) is 27.8 Å². The van der Waals surface area contributed by atoms with Gasteiger partial charge in [-0.15, -0.1) is 0 Å². The van der Waals surface area contributed by atoms with E-state index in [1.54, 1.807) is 13.1 Å². The van der Waals surface area contributed by atoms with Gasteiger partial charge < -0.3 is 10.4 Å². The predicted molar refractivity (Wildman–Crippen MR) is 71.5 cm³/mol. The molecule has 2 heterocycles. The number of aromatic hydroxyl groups is 1. The van der Waals surface area contributed by atoms with Gasteiger partial charge in [0.05, 0.1) is 10.9 Å². The summed E-state index contributed by atoms with van der Waals surface area (Å²) in [7, 11) is 1.64. The lowest BCUT2D eigenvalue weighted by molar-refractivity contribution is 0.298. The zero-order valence-electron chi connectivity index (χ0n) is 10.6. The van der Waals surface area contributed by atoms with E-state index in [0.29, 0.717) is 23.4 Å². The molecule has 6 nitrogen and oxygen atoms in total. The van der Waals surface area contributed by atoms with Crippen molar-refractivity contribution in [2.24, 2.45) is 13.0 Å². The third-order valence-corrected chi connectivity index (χ3v) is 3.64. The molecule has 3 rings (SSSR count). The Balaban J connectivity index is 2.26. The largest absolute Gasteiger partial charge is 0.508 e. The van der Waals surface area contributed by atoms with Crippen LogP contribution in [0.3, 0.4) is 0 Å². The number of nitrogens with one attached hydrogen (secondary N) is 1. The van der Waals surface area contributed by atoms with Crippen molar-refractivity contribution in [3.8, 4) is 5.75 Å². The maximum absolute atomic E-state index is 12.3. The van der Waals surface area contributed by atoms with Crippen molar-refractivity contribution in [3.05, 3.63) is 39.0 Å². The number of fused-ring (bicyclic) bond motifs is 1. The molecule has 19 heavy (non-hydrogen) atoms. The SMILES string of the molecule is Cn1c(=O)n(CC2CNC2)c(=O)c2cc(O)ccc21. The molecule has 0 aliphatic carbocycles. The monoisotopic (exact) mass is 261 g/mol. The van der Waals surface area contributed by atoms with Crippen molar-refractivity contribution >= 4 is 10.9 Å². The summed E-state index contributed by atoms with van der Waals surface area (Å²) in [6.07, 6.45) is 0. The number of aromatic nitrogens is 2. The third-order valence-electron chi connectivity index (χ3n) is 3.64. The molecule has 100 valence electrons. The summed E-state index contributed by atoms with van der Waals surface area (Å²) < 4.78 is 2.70.